The Labute approximate surface area is 141 Å². The first kappa shape index (κ1) is 16.4. The number of hydrogen-bond acceptors (Lipinski definition) is 4. The molecule has 1 amide bonds. The van der Waals surface area contributed by atoms with Gasteiger partial charge in [0.25, 0.3) is 5.91 Å². The number of carbonyl (C=O) groups excluding carboxylic acids is 1. The molecule has 1 atom stereocenters. The molecule has 0 aliphatic carbocycles. The molecule has 0 saturated heterocycles. The molecule has 2 aromatic rings. The van der Waals surface area contributed by atoms with Gasteiger partial charge in [-0.25, -0.2) is 0 Å². The van der Waals surface area contributed by atoms with Crippen LogP contribution in [0.2, 0.25) is 0 Å². The van der Waals surface area contributed by atoms with Gasteiger partial charge >= 0.3 is 0 Å². The summed E-state index contributed by atoms with van der Waals surface area (Å²) in [4.78, 5) is 12.3. The average Bonchev–Trinajstić information content (AvgIpc) is 2.94. The first-order chi connectivity index (χ1) is 11.3. The fraction of sp³-hybridized carbons (Fsp3) is 0.444. The fourth-order valence-corrected chi connectivity index (χ4v) is 2.73. The largest absolute Gasteiger partial charge is 0.486 e. The smallest absolute Gasteiger partial charge is 0.271 e. The standard InChI is InChI=1S/C18H23N3O3/c1-12-9-14(20-21(12)18(2,3)4)17(22)19-10-13-11-23-15-7-5-6-8-16(15)24-13/h5-9,13H,10-11H2,1-4H3,(H,19,22). The number of aromatic nitrogens is 2. The Hall–Kier alpha value is -2.50. The Bertz CT molecular complexity index is 746. The third kappa shape index (κ3) is 3.37. The van der Waals surface area contributed by atoms with Crippen molar-refractivity contribution < 1.29 is 14.3 Å². The zero-order valence-corrected chi connectivity index (χ0v) is 14.5. The Kier molecular flexibility index (Phi) is 4.22. The number of ether oxygens (including phenoxy) is 2. The molecule has 6 nitrogen and oxygen atoms in total. The lowest BCUT2D eigenvalue weighted by atomic mass is 10.1. The molecule has 3 rings (SSSR count). The maximum Gasteiger partial charge on any atom is 0.271 e. The highest BCUT2D eigenvalue weighted by molar-refractivity contribution is 5.92. The van der Waals surface area contributed by atoms with Gasteiger partial charge < -0.3 is 14.8 Å². The highest BCUT2D eigenvalue weighted by atomic mass is 16.6. The normalized spacial score (nSPS) is 16.8. The number of aryl methyl sites for hydroxylation is 1. The summed E-state index contributed by atoms with van der Waals surface area (Å²) in [5, 5.41) is 7.28. The maximum atomic E-state index is 12.3. The van der Waals surface area contributed by atoms with Crippen molar-refractivity contribution in [3.05, 3.63) is 41.7 Å². The molecule has 1 aromatic heterocycles. The number of nitrogens with zero attached hydrogens (tertiary/aromatic N) is 2. The van der Waals surface area contributed by atoms with E-state index in [1.165, 1.54) is 0 Å². The van der Waals surface area contributed by atoms with Gasteiger partial charge in [-0.15, -0.1) is 0 Å². The predicted molar refractivity (Wildman–Crippen MR) is 90.6 cm³/mol. The van der Waals surface area contributed by atoms with E-state index in [1.54, 1.807) is 6.07 Å². The molecule has 1 N–H and O–H groups in total. The number of benzene rings is 1. The van der Waals surface area contributed by atoms with Crippen molar-refractivity contribution in [2.45, 2.75) is 39.3 Å². The summed E-state index contributed by atoms with van der Waals surface area (Å²) in [6.07, 6.45) is -0.213. The lowest BCUT2D eigenvalue weighted by Crippen LogP contribution is -2.40. The van der Waals surface area contributed by atoms with E-state index in [9.17, 15) is 4.79 Å². The van der Waals surface area contributed by atoms with Crippen LogP contribution in [0.5, 0.6) is 11.5 Å². The van der Waals surface area contributed by atoms with Gasteiger partial charge in [-0.05, 0) is 45.9 Å². The van der Waals surface area contributed by atoms with Crippen LogP contribution < -0.4 is 14.8 Å². The van der Waals surface area contributed by atoms with Crippen molar-refractivity contribution >= 4 is 5.91 Å². The molecule has 0 spiro atoms. The van der Waals surface area contributed by atoms with Crippen LogP contribution in [0.3, 0.4) is 0 Å². The Morgan fingerprint density at radius 1 is 1.33 bits per heavy atom. The quantitative estimate of drug-likeness (QED) is 0.940. The molecule has 6 heteroatoms. The first-order valence-electron chi connectivity index (χ1n) is 8.08. The van der Waals surface area contributed by atoms with Crippen molar-refractivity contribution in [2.75, 3.05) is 13.2 Å². The van der Waals surface area contributed by atoms with Crippen LogP contribution in [0.25, 0.3) is 0 Å². The number of rotatable bonds is 3. The second kappa shape index (κ2) is 6.19. The molecule has 1 aliphatic heterocycles. The van der Waals surface area contributed by atoms with Crippen molar-refractivity contribution in [3.63, 3.8) is 0 Å². The first-order valence-corrected chi connectivity index (χ1v) is 8.08. The summed E-state index contributed by atoms with van der Waals surface area (Å²) in [6, 6.07) is 9.32. The molecule has 0 bridgehead atoms. The molecule has 1 aromatic carbocycles. The van der Waals surface area contributed by atoms with Crippen LogP contribution in [0.4, 0.5) is 0 Å². The number of carbonyl (C=O) groups is 1. The van der Waals surface area contributed by atoms with E-state index >= 15 is 0 Å². The van der Waals surface area contributed by atoms with Crippen LogP contribution in [-0.2, 0) is 5.54 Å². The maximum absolute atomic E-state index is 12.3. The third-order valence-corrected chi connectivity index (χ3v) is 3.81. The highest BCUT2D eigenvalue weighted by Crippen LogP contribution is 2.30. The van der Waals surface area contributed by atoms with E-state index in [1.807, 2.05) is 35.9 Å². The van der Waals surface area contributed by atoms with Crippen molar-refractivity contribution in [1.82, 2.24) is 15.1 Å². The van der Waals surface area contributed by atoms with E-state index in [-0.39, 0.29) is 17.6 Å². The Morgan fingerprint density at radius 2 is 2.04 bits per heavy atom. The van der Waals surface area contributed by atoms with Crippen LogP contribution in [0.1, 0.15) is 37.0 Å². The summed E-state index contributed by atoms with van der Waals surface area (Å²) < 4.78 is 13.3. The van der Waals surface area contributed by atoms with E-state index in [0.717, 1.165) is 11.4 Å². The number of nitrogens with one attached hydrogen (secondary N) is 1. The fourth-order valence-electron chi connectivity index (χ4n) is 2.73. The molecular weight excluding hydrogens is 306 g/mol. The molecule has 0 saturated carbocycles. The van der Waals surface area contributed by atoms with Crippen LogP contribution in [0, 0.1) is 6.92 Å². The van der Waals surface area contributed by atoms with Gasteiger partial charge in [0.05, 0.1) is 12.1 Å². The van der Waals surface area contributed by atoms with E-state index < -0.39 is 0 Å². The van der Waals surface area contributed by atoms with Crippen LogP contribution >= 0.6 is 0 Å². The minimum absolute atomic E-state index is 0.160. The summed E-state index contributed by atoms with van der Waals surface area (Å²) in [5.74, 6) is 1.24. The van der Waals surface area contributed by atoms with Gasteiger partial charge in [0, 0.05) is 5.69 Å². The van der Waals surface area contributed by atoms with Crippen LogP contribution in [0.15, 0.2) is 30.3 Å². The Morgan fingerprint density at radius 3 is 2.71 bits per heavy atom. The number of amides is 1. The summed E-state index contributed by atoms with van der Waals surface area (Å²) >= 11 is 0. The molecule has 1 unspecified atom stereocenters. The molecule has 1 aliphatic rings. The lowest BCUT2D eigenvalue weighted by Gasteiger charge is -2.26. The van der Waals surface area contributed by atoms with Gasteiger partial charge in [0.1, 0.15) is 18.4 Å². The molecule has 0 fully saturated rings. The number of fused-ring (bicyclic) bond motifs is 1. The molecule has 128 valence electrons. The predicted octanol–water partition coefficient (Wildman–Crippen LogP) is 2.52. The molecular formula is C18H23N3O3. The molecule has 24 heavy (non-hydrogen) atoms. The zero-order chi connectivity index (χ0) is 17.3. The number of hydrogen-bond donors (Lipinski definition) is 1. The monoisotopic (exact) mass is 329 g/mol. The summed E-state index contributed by atoms with van der Waals surface area (Å²) in [5.41, 5.74) is 1.21. The van der Waals surface area contributed by atoms with E-state index in [4.69, 9.17) is 9.47 Å². The van der Waals surface area contributed by atoms with Gasteiger partial charge in [-0.1, -0.05) is 12.1 Å². The SMILES string of the molecule is Cc1cc(C(=O)NCC2COc3ccccc3O2)nn1C(C)(C)C. The minimum atomic E-state index is -0.213. The summed E-state index contributed by atoms with van der Waals surface area (Å²) in [7, 11) is 0. The molecule has 2 heterocycles. The lowest BCUT2D eigenvalue weighted by molar-refractivity contribution is 0.0785. The van der Waals surface area contributed by atoms with E-state index in [0.29, 0.717) is 24.6 Å². The van der Waals surface area contributed by atoms with E-state index in [2.05, 4.69) is 31.2 Å². The van der Waals surface area contributed by atoms with Gasteiger partial charge in [0.2, 0.25) is 0 Å². The Balaban J connectivity index is 1.61. The van der Waals surface area contributed by atoms with Crippen LogP contribution in [-0.4, -0.2) is 34.9 Å². The second-order valence-corrected chi connectivity index (χ2v) is 6.96. The van der Waals surface area contributed by atoms with Gasteiger partial charge in [-0.3, -0.25) is 9.48 Å². The highest BCUT2D eigenvalue weighted by Gasteiger charge is 2.23. The second-order valence-electron chi connectivity index (χ2n) is 6.96. The van der Waals surface area contributed by atoms with Crippen molar-refractivity contribution in [2.24, 2.45) is 0 Å². The topological polar surface area (TPSA) is 65.4 Å². The third-order valence-electron chi connectivity index (χ3n) is 3.81. The number of para-hydroxylation sites is 2. The van der Waals surface area contributed by atoms with Gasteiger partial charge in [-0.2, -0.15) is 5.10 Å². The van der Waals surface area contributed by atoms with Crippen molar-refractivity contribution in [1.29, 1.82) is 0 Å². The zero-order valence-electron chi connectivity index (χ0n) is 14.5. The molecule has 0 radical (unpaired) electrons. The summed E-state index contributed by atoms with van der Waals surface area (Å²) in [6.45, 7) is 8.89. The van der Waals surface area contributed by atoms with Gasteiger partial charge in [0.15, 0.2) is 11.5 Å². The minimum Gasteiger partial charge on any atom is -0.486 e. The average molecular weight is 329 g/mol. The van der Waals surface area contributed by atoms with Crippen molar-refractivity contribution in [3.8, 4) is 11.5 Å².